The molecule has 1 fully saturated rings. The lowest BCUT2D eigenvalue weighted by Crippen LogP contribution is -2.34. The van der Waals surface area contributed by atoms with Crippen LogP contribution in [-0.4, -0.2) is 18.9 Å². The predicted molar refractivity (Wildman–Crippen MR) is 68.5 cm³/mol. The summed E-state index contributed by atoms with van der Waals surface area (Å²) in [5.74, 6) is 0.253. The first-order chi connectivity index (χ1) is 8.21. The number of aryl methyl sites for hydroxylation is 1. The van der Waals surface area contributed by atoms with Crippen LogP contribution in [-0.2, 0) is 5.41 Å². The normalized spacial score (nSPS) is 22.5. The van der Waals surface area contributed by atoms with Crippen molar-refractivity contribution in [1.29, 1.82) is 0 Å². The number of ketones is 1. The highest BCUT2D eigenvalue weighted by atomic mass is 16.1. The molecule has 1 heterocycles. The molecule has 1 aromatic carbocycles. The van der Waals surface area contributed by atoms with Crippen molar-refractivity contribution in [1.82, 2.24) is 5.32 Å². The Morgan fingerprint density at radius 1 is 1.24 bits per heavy atom. The molecule has 2 aliphatic rings. The number of hydrogen-bond acceptors (Lipinski definition) is 2. The Kier molecular flexibility index (Phi) is 2.55. The maximum Gasteiger partial charge on any atom is 0.176 e. The van der Waals surface area contributed by atoms with Crippen molar-refractivity contribution in [3.8, 4) is 0 Å². The molecule has 0 radical (unpaired) electrons. The van der Waals surface area contributed by atoms with Crippen LogP contribution in [0.25, 0.3) is 0 Å². The Balaban J connectivity index is 2.18. The second-order valence-corrected chi connectivity index (χ2v) is 5.56. The third-order valence-corrected chi connectivity index (χ3v) is 4.36. The van der Waals surface area contributed by atoms with Crippen LogP contribution in [0.5, 0.6) is 0 Å². The van der Waals surface area contributed by atoms with Gasteiger partial charge in [0.2, 0.25) is 0 Å². The topological polar surface area (TPSA) is 29.1 Å². The van der Waals surface area contributed by atoms with E-state index in [4.69, 9.17) is 0 Å². The van der Waals surface area contributed by atoms with Crippen molar-refractivity contribution in [2.24, 2.45) is 0 Å². The number of hydrogen-bond donors (Lipinski definition) is 1. The summed E-state index contributed by atoms with van der Waals surface area (Å²) < 4.78 is 0. The van der Waals surface area contributed by atoms with Gasteiger partial charge in [0.25, 0.3) is 0 Å². The quantitative estimate of drug-likeness (QED) is 0.741. The van der Waals surface area contributed by atoms with Gasteiger partial charge in [-0.15, -0.1) is 0 Å². The number of carbonyl (C=O) groups is 1. The van der Waals surface area contributed by atoms with E-state index in [2.05, 4.69) is 24.4 Å². The molecule has 0 saturated heterocycles. The van der Waals surface area contributed by atoms with Gasteiger partial charge in [-0.3, -0.25) is 4.79 Å². The summed E-state index contributed by atoms with van der Waals surface area (Å²) >= 11 is 0. The summed E-state index contributed by atoms with van der Waals surface area (Å²) in [5.41, 5.74) is 3.77. The van der Waals surface area contributed by atoms with Crippen molar-refractivity contribution in [2.75, 3.05) is 13.1 Å². The van der Waals surface area contributed by atoms with Crippen LogP contribution in [0.2, 0.25) is 0 Å². The van der Waals surface area contributed by atoms with Gasteiger partial charge in [0.1, 0.15) is 0 Å². The number of fused-ring (bicyclic) bond motifs is 2. The number of Topliss-reactive ketones (excluding diaryl/α,β-unsaturated/α-hetero) is 1. The van der Waals surface area contributed by atoms with Gasteiger partial charge >= 0.3 is 0 Å². The Morgan fingerprint density at radius 2 is 2.00 bits per heavy atom. The Morgan fingerprint density at radius 3 is 2.76 bits per heavy atom. The smallest absolute Gasteiger partial charge is 0.176 e. The second-order valence-electron chi connectivity index (χ2n) is 5.56. The fourth-order valence-electron chi connectivity index (χ4n) is 3.44. The zero-order valence-corrected chi connectivity index (χ0v) is 10.4. The Hall–Kier alpha value is -1.15. The standard InChI is InChI=1S/C15H19NO/c1-11-4-5-12-13(8-11)15(6-2-3-7-15)10-16-9-14(12)17/h4-5,8,16H,2-3,6-7,9-10H2,1H3. The average molecular weight is 229 g/mol. The summed E-state index contributed by atoms with van der Waals surface area (Å²) in [5, 5.41) is 3.35. The van der Waals surface area contributed by atoms with E-state index in [0.29, 0.717) is 6.54 Å². The molecule has 2 heteroatoms. The maximum absolute atomic E-state index is 12.1. The van der Waals surface area contributed by atoms with E-state index in [1.807, 2.05) is 6.07 Å². The van der Waals surface area contributed by atoms with Crippen LogP contribution in [0.3, 0.4) is 0 Å². The molecule has 0 aromatic heterocycles. The van der Waals surface area contributed by atoms with E-state index in [0.717, 1.165) is 12.1 Å². The lowest BCUT2D eigenvalue weighted by Gasteiger charge is -2.29. The molecule has 3 rings (SSSR count). The largest absolute Gasteiger partial charge is 0.309 e. The molecule has 17 heavy (non-hydrogen) atoms. The van der Waals surface area contributed by atoms with E-state index >= 15 is 0 Å². The molecule has 1 spiro atoms. The lowest BCUT2D eigenvalue weighted by atomic mass is 9.76. The van der Waals surface area contributed by atoms with Gasteiger partial charge in [0.05, 0.1) is 6.54 Å². The fraction of sp³-hybridized carbons (Fsp3) is 0.533. The van der Waals surface area contributed by atoms with E-state index < -0.39 is 0 Å². The molecule has 2 nitrogen and oxygen atoms in total. The van der Waals surface area contributed by atoms with Gasteiger partial charge in [-0.2, -0.15) is 0 Å². The minimum absolute atomic E-state index is 0.230. The van der Waals surface area contributed by atoms with Gasteiger partial charge in [0.15, 0.2) is 5.78 Å². The summed E-state index contributed by atoms with van der Waals surface area (Å²) in [6, 6.07) is 6.33. The third-order valence-electron chi connectivity index (χ3n) is 4.36. The number of carbonyl (C=O) groups excluding carboxylic acids is 1. The summed E-state index contributed by atoms with van der Waals surface area (Å²) in [7, 11) is 0. The van der Waals surface area contributed by atoms with Crippen LogP contribution in [0, 0.1) is 6.92 Å². The van der Waals surface area contributed by atoms with Crippen LogP contribution >= 0.6 is 0 Å². The van der Waals surface area contributed by atoms with Crippen LogP contribution in [0.1, 0.15) is 47.2 Å². The Labute approximate surface area is 102 Å². The van der Waals surface area contributed by atoms with Gasteiger partial charge in [0, 0.05) is 17.5 Å². The van der Waals surface area contributed by atoms with Crippen molar-refractivity contribution >= 4 is 5.78 Å². The highest BCUT2D eigenvalue weighted by Crippen LogP contribution is 2.43. The molecule has 0 bridgehead atoms. The molecule has 0 amide bonds. The van der Waals surface area contributed by atoms with Gasteiger partial charge in [-0.1, -0.05) is 36.6 Å². The van der Waals surface area contributed by atoms with Crippen LogP contribution in [0.15, 0.2) is 18.2 Å². The monoisotopic (exact) mass is 229 g/mol. The van der Waals surface area contributed by atoms with E-state index in [1.54, 1.807) is 0 Å². The summed E-state index contributed by atoms with van der Waals surface area (Å²) in [6.07, 6.45) is 5.04. The molecular weight excluding hydrogens is 210 g/mol. The third kappa shape index (κ3) is 1.71. The van der Waals surface area contributed by atoms with Crippen LogP contribution in [0.4, 0.5) is 0 Å². The van der Waals surface area contributed by atoms with Gasteiger partial charge in [-0.25, -0.2) is 0 Å². The van der Waals surface area contributed by atoms with Crippen molar-refractivity contribution in [3.05, 3.63) is 34.9 Å². The van der Waals surface area contributed by atoms with E-state index in [9.17, 15) is 4.79 Å². The van der Waals surface area contributed by atoms with Gasteiger partial charge in [-0.05, 0) is 25.3 Å². The number of nitrogens with one attached hydrogen (secondary N) is 1. The average Bonchev–Trinajstić information content (AvgIpc) is 2.73. The lowest BCUT2D eigenvalue weighted by molar-refractivity contribution is 0.0994. The highest BCUT2D eigenvalue weighted by molar-refractivity contribution is 5.99. The second kappa shape index (κ2) is 3.95. The predicted octanol–water partition coefficient (Wildman–Crippen LogP) is 2.59. The summed E-state index contributed by atoms with van der Waals surface area (Å²) in [4.78, 5) is 12.1. The fourth-order valence-corrected chi connectivity index (χ4v) is 3.44. The zero-order chi connectivity index (χ0) is 11.9. The molecule has 1 N–H and O–H groups in total. The molecule has 1 aromatic rings. The molecule has 0 atom stereocenters. The van der Waals surface area contributed by atoms with Crippen molar-refractivity contribution in [2.45, 2.75) is 38.0 Å². The number of benzene rings is 1. The Bertz CT molecular complexity index is 458. The molecule has 1 aliphatic carbocycles. The first-order valence-corrected chi connectivity index (χ1v) is 6.56. The van der Waals surface area contributed by atoms with Gasteiger partial charge < -0.3 is 5.32 Å². The van der Waals surface area contributed by atoms with E-state index in [-0.39, 0.29) is 11.2 Å². The minimum Gasteiger partial charge on any atom is -0.309 e. The molecule has 1 saturated carbocycles. The maximum atomic E-state index is 12.1. The van der Waals surface area contributed by atoms with Crippen molar-refractivity contribution in [3.63, 3.8) is 0 Å². The molecule has 1 aliphatic heterocycles. The molecular formula is C15H19NO. The first kappa shape index (κ1) is 11.0. The van der Waals surface area contributed by atoms with Crippen molar-refractivity contribution < 1.29 is 4.79 Å². The minimum atomic E-state index is 0.230. The van der Waals surface area contributed by atoms with E-state index in [1.165, 1.54) is 36.8 Å². The number of rotatable bonds is 0. The zero-order valence-electron chi connectivity index (χ0n) is 10.4. The summed E-state index contributed by atoms with van der Waals surface area (Å²) in [6.45, 7) is 3.58. The SMILES string of the molecule is Cc1ccc2c(c1)C1(CCCC1)CNCC2=O. The van der Waals surface area contributed by atoms with Crippen LogP contribution < -0.4 is 5.32 Å². The molecule has 90 valence electrons. The highest BCUT2D eigenvalue weighted by Gasteiger charge is 2.39. The first-order valence-electron chi connectivity index (χ1n) is 6.56. The molecule has 0 unspecified atom stereocenters.